The van der Waals surface area contributed by atoms with Crippen LogP contribution >= 0.6 is 0 Å². The summed E-state index contributed by atoms with van der Waals surface area (Å²) >= 11 is 0. The maximum atomic E-state index is 12.3. The summed E-state index contributed by atoms with van der Waals surface area (Å²) in [5, 5.41) is 9.36. The third-order valence-electron chi connectivity index (χ3n) is 4.34. The van der Waals surface area contributed by atoms with Crippen LogP contribution in [-0.2, 0) is 9.59 Å². The molecule has 1 aliphatic heterocycles. The van der Waals surface area contributed by atoms with Crippen molar-refractivity contribution < 1.29 is 24.2 Å². The van der Waals surface area contributed by atoms with Crippen LogP contribution in [-0.4, -0.2) is 47.2 Å². The second-order valence-electron chi connectivity index (χ2n) is 6.06. The van der Waals surface area contributed by atoms with E-state index in [1.165, 1.54) is 4.90 Å². The highest BCUT2D eigenvalue weighted by atomic mass is 16.5. The lowest BCUT2D eigenvalue weighted by molar-refractivity contribution is -0.155. The molecule has 0 spiro atoms. The van der Waals surface area contributed by atoms with Crippen molar-refractivity contribution in [3.63, 3.8) is 0 Å². The number of para-hydroxylation sites is 2. The Morgan fingerprint density at radius 3 is 2.54 bits per heavy atom. The Kier molecular flexibility index (Phi) is 6.06. The molecule has 1 heterocycles. The van der Waals surface area contributed by atoms with Crippen LogP contribution in [0.5, 0.6) is 11.5 Å². The lowest BCUT2D eigenvalue weighted by Gasteiger charge is -2.31. The molecule has 0 aromatic heterocycles. The van der Waals surface area contributed by atoms with Crippen molar-refractivity contribution >= 4 is 11.9 Å². The monoisotopic (exact) mass is 335 g/mol. The maximum Gasteiger partial charge on any atom is 0.329 e. The van der Waals surface area contributed by atoms with Gasteiger partial charge in [0.2, 0.25) is 5.91 Å². The highest BCUT2D eigenvalue weighted by Crippen LogP contribution is 2.30. The van der Waals surface area contributed by atoms with Crippen LogP contribution in [0.1, 0.15) is 39.5 Å². The molecular weight excluding hydrogens is 310 g/mol. The van der Waals surface area contributed by atoms with Crippen LogP contribution in [0.3, 0.4) is 0 Å². The summed E-state index contributed by atoms with van der Waals surface area (Å²) in [6, 6.07) is 7.41. The van der Waals surface area contributed by atoms with E-state index in [0.29, 0.717) is 44.1 Å². The van der Waals surface area contributed by atoms with Gasteiger partial charge in [-0.15, -0.1) is 0 Å². The Morgan fingerprint density at radius 1 is 1.25 bits per heavy atom. The molecule has 1 amide bonds. The van der Waals surface area contributed by atoms with Gasteiger partial charge in [-0.1, -0.05) is 12.1 Å². The second kappa shape index (κ2) is 8.04. The summed E-state index contributed by atoms with van der Waals surface area (Å²) in [6.07, 6.45) is 2.05. The Bertz CT molecular complexity index is 589. The summed E-state index contributed by atoms with van der Waals surface area (Å²) < 4.78 is 11.2. The van der Waals surface area contributed by atoms with Gasteiger partial charge in [-0.05, 0) is 45.2 Å². The molecule has 1 aromatic rings. The van der Waals surface area contributed by atoms with Gasteiger partial charge in [-0.2, -0.15) is 0 Å². The van der Waals surface area contributed by atoms with E-state index in [9.17, 15) is 14.7 Å². The summed E-state index contributed by atoms with van der Waals surface area (Å²) in [6.45, 7) is 4.98. The van der Waals surface area contributed by atoms with Gasteiger partial charge in [0.25, 0.3) is 0 Å². The fourth-order valence-electron chi connectivity index (χ4n) is 2.97. The van der Waals surface area contributed by atoms with Crippen LogP contribution in [0.25, 0.3) is 0 Å². The normalized spacial score (nSPS) is 20.0. The molecule has 2 rings (SSSR count). The van der Waals surface area contributed by atoms with E-state index in [4.69, 9.17) is 9.47 Å². The van der Waals surface area contributed by atoms with Crippen molar-refractivity contribution in [1.82, 2.24) is 4.90 Å². The topological polar surface area (TPSA) is 76.1 Å². The van der Waals surface area contributed by atoms with Crippen molar-refractivity contribution in [2.75, 3.05) is 19.8 Å². The van der Waals surface area contributed by atoms with Gasteiger partial charge in [0.05, 0.1) is 13.2 Å². The predicted octanol–water partition coefficient (Wildman–Crippen LogP) is 2.71. The standard InChI is InChI=1S/C18H25NO5/c1-3-23-14-8-4-5-9-15(14)24-13-6-10-16(20)19-12-7-11-18(19,2)17(21)22/h4-5,8-9H,3,6-7,10-13H2,1-2H3,(H,21,22). The molecule has 6 heteroatoms. The van der Waals surface area contributed by atoms with Gasteiger partial charge in [0.15, 0.2) is 11.5 Å². The summed E-state index contributed by atoms with van der Waals surface area (Å²) in [5.74, 6) is 0.280. The van der Waals surface area contributed by atoms with E-state index in [1.807, 2.05) is 31.2 Å². The number of likely N-dealkylation sites (tertiary alicyclic amines) is 1. The van der Waals surface area contributed by atoms with Gasteiger partial charge in [-0.25, -0.2) is 4.79 Å². The molecule has 0 bridgehead atoms. The van der Waals surface area contributed by atoms with Gasteiger partial charge >= 0.3 is 5.97 Å². The molecule has 1 unspecified atom stereocenters. The van der Waals surface area contributed by atoms with E-state index >= 15 is 0 Å². The zero-order valence-electron chi connectivity index (χ0n) is 14.3. The van der Waals surface area contributed by atoms with Crippen LogP contribution < -0.4 is 9.47 Å². The molecule has 1 saturated heterocycles. The fraction of sp³-hybridized carbons (Fsp3) is 0.556. The molecule has 1 N–H and O–H groups in total. The molecule has 132 valence electrons. The summed E-state index contributed by atoms with van der Waals surface area (Å²) in [4.78, 5) is 25.2. The molecule has 1 fully saturated rings. The number of ether oxygens (including phenoxy) is 2. The van der Waals surface area contributed by atoms with E-state index in [2.05, 4.69) is 0 Å². The third kappa shape index (κ3) is 3.99. The Labute approximate surface area is 142 Å². The largest absolute Gasteiger partial charge is 0.490 e. The number of benzene rings is 1. The number of amides is 1. The minimum Gasteiger partial charge on any atom is -0.490 e. The first-order valence-electron chi connectivity index (χ1n) is 8.37. The number of hydrogen-bond donors (Lipinski definition) is 1. The Hall–Kier alpha value is -2.24. The van der Waals surface area contributed by atoms with E-state index < -0.39 is 11.5 Å². The first kappa shape index (κ1) is 18.1. The highest BCUT2D eigenvalue weighted by Gasteiger charge is 2.45. The number of carboxylic acid groups (broad SMARTS) is 1. The number of carbonyl (C=O) groups is 2. The lowest BCUT2D eigenvalue weighted by Crippen LogP contribution is -2.50. The van der Waals surface area contributed by atoms with Crippen LogP contribution in [0.15, 0.2) is 24.3 Å². The molecule has 24 heavy (non-hydrogen) atoms. The zero-order valence-corrected chi connectivity index (χ0v) is 14.3. The van der Waals surface area contributed by atoms with E-state index in [1.54, 1.807) is 6.92 Å². The predicted molar refractivity (Wildman–Crippen MR) is 89.3 cm³/mol. The first-order valence-corrected chi connectivity index (χ1v) is 8.37. The van der Waals surface area contributed by atoms with E-state index in [-0.39, 0.29) is 12.3 Å². The van der Waals surface area contributed by atoms with E-state index in [0.717, 1.165) is 6.42 Å². The molecule has 0 aliphatic carbocycles. The first-order chi connectivity index (χ1) is 11.5. The van der Waals surface area contributed by atoms with Gasteiger partial charge < -0.3 is 19.5 Å². The molecular formula is C18H25NO5. The van der Waals surface area contributed by atoms with Gasteiger partial charge in [0, 0.05) is 13.0 Å². The molecule has 6 nitrogen and oxygen atoms in total. The highest BCUT2D eigenvalue weighted by molar-refractivity contribution is 5.87. The second-order valence-corrected chi connectivity index (χ2v) is 6.06. The third-order valence-corrected chi connectivity index (χ3v) is 4.34. The number of nitrogens with zero attached hydrogens (tertiary/aromatic N) is 1. The number of carboxylic acids is 1. The van der Waals surface area contributed by atoms with Crippen molar-refractivity contribution in [3.8, 4) is 11.5 Å². The zero-order chi connectivity index (χ0) is 17.6. The van der Waals surface area contributed by atoms with Crippen LogP contribution in [0.4, 0.5) is 0 Å². The van der Waals surface area contributed by atoms with Crippen molar-refractivity contribution in [3.05, 3.63) is 24.3 Å². The number of carbonyl (C=O) groups excluding carboxylic acids is 1. The van der Waals surface area contributed by atoms with Gasteiger partial charge in [0.1, 0.15) is 5.54 Å². The molecule has 0 radical (unpaired) electrons. The lowest BCUT2D eigenvalue weighted by atomic mass is 9.99. The molecule has 0 saturated carbocycles. The van der Waals surface area contributed by atoms with Crippen LogP contribution in [0, 0.1) is 0 Å². The van der Waals surface area contributed by atoms with Crippen molar-refractivity contribution in [1.29, 1.82) is 0 Å². The molecule has 1 atom stereocenters. The molecule has 1 aromatic carbocycles. The minimum absolute atomic E-state index is 0.126. The Balaban J connectivity index is 1.82. The van der Waals surface area contributed by atoms with Gasteiger partial charge in [-0.3, -0.25) is 4.79 Å². The molecule has 1 aliphatic rings. The fourth-order valence-corrected chi connectivity index (χ4v) is 2.97. The number of rotatable bonds is 8. The number of hydrogen-bond acceptors (Lipinski definition) is 4. The Morgan fingerprint density at radius 2 is 1.92 bits per heavy atom. The number of aliphatic carboxylic acids is 1. The van der Waals surface area contributed by atoms with Crippen LogP contribution in [0.2, 0.25) is 0 Å². The average molecular weight is 335 g/mol. The van der Waals surface area contributed by atoms with Crippen molar-refractivity contribution in [2.45, 2.75) is 45.1 Å². The SMILES string of the molecule is CCOc1ccccc1OCCCC(=O)N1CCCC1(C)C(=O)O. The maximum absolute atomic E-state index is 12.3. The quantitative estimate of drug-likeness (QED) is 0.739. The summed E-state index contributed by atoms with van der Waals surface area (Å²) in [5.41, 5.74) is -1.07. The summed E-state index contributed by atoms with van der Waals surface area (Å²) in [7, 11) is 0. The minimum atomic E-state index is -1.07. The average Bonchev–Trinajstić information content (AvgIpc) is 2.96. The van der Waals surface area contributed by atoms with Crippen molar-refractivity contribution in [2.24, 2.45) is 0 Å². The smallest absolute Gasteiger partial charge is 0.329 e.